The van der Waals surface area contributed by atoms with Crippen LogP contribution in [0.5, 0.6) is 17.2 Å². The van der Waals surface area contributed by atoms with E-state index in [2.05, 4.69) is 33.9 Å². The Hall–Kier alpha value is -8.45. The topological polar surface area (TPSA) is 126 Å². The van der Waals surface area contributed by atoms with Gasteiger partial charge in [-0.3, -0.25) is 4.90 Å². The second-order valence-corrected chi connectivity index (χ2v) is 28.4. The van der Waals surface area contributed by atoms with E-state index in [1.807, 2.05) is 24.3 Å². The average molecular weight is 1220 g/mol. The minimum Gasteiger partial charge on any atom is -0.543 e. The van der Waals surface area contributed by atoms with Crippen molar-refractivity contribution < 1.29 is 60.1 Å². The van der Waals surface area contributed by atoms with Gasteiger partial charge in [-0.1, -0.05) is 97.7 Å². The number of ether oxygens (including phenoxy) is 1. The monoisotopic (exact) mass is 1220 g/mol. The molecule has 3 atom stereocenters. The van der Waals surface area contributed by atoms with Crippen molar-refractivity contribution in [2.75, 3.05) is 47.8 Å². The number of halogens is 6. The summed E-state index contributed by atoms with van der Waals surface area (Å²) in [6.07, 6.45) is 4.74. The molecule has 0 saturated carbocycles. The van der Waals surface area contributed by atoms with Crippen molar-refractivity contribution in [1.29, 1.82) is 0 Å². The van der Waals surface area contributed by atoms with Gasteiger partial charge in [0.25, 0.3) is 0 Å². The van der Waals surface area contributed by atoms with E-state index in [1.54, 1.807) is 113 Å². The van der Waals surface area contributed by atoms with Crippen LogP contribution in [-0.4, -0.2) is 115 Å². The molecule has 0 fully saturated rings. The predicted octanol–water partition coefficient (Wildman–Crippen LogP) is 17.2. The molecule has 0 spiro atoms. The lowest BCUT2D eigenvalue weighted by Crippen LogP contribution is -2.43. The maximum absolute atomic E-state index is 14.6. The van der Waals surface area contributed by atoms with Gasteiger partial charge in [0, 0.05) is 58.0 Å². The third kappa shape index (κ3) is 17.4. The fraction of sp³-hybridized carbons (Fsp3) is 0.338. The number of rotatable bonds is 8. The maximum atomic E-state index is 14.6. The number of urea groups is 2. The molecule has 87 heavy (non-hydrogen) atoms. The van der Waals surface area contributed by atoms with Gasteiger partial charge in [-0.2, -0.15) is 0 Å². The number of phenolic OH excluding ortho intramolecular Hbond substituents is 2. The van der Waals surface area contributed by atoms with Gasteiger partial charge < -0.3 is 39.0 Å². The molecule has 0 aliphatic carbocycles. The molecule has 0 aromatic heterocycles. The highest BCUT2D eigenvalue weighted by molar-refractivity contribution is 6.74. The molecule has 0 radical (unpaired) electrons. The number of benzene rings is 6. The number of carbonyl (C=O) groups is 3. The number of carbonyl (C=O) groups excluding carboxylic acids is 3. The van der Waals surface area contributed by atoms with Crippen molar-refractivity contribution >= 4 is 43.2 Å². The number of phenols is 2. The van der Waals surface area contributed by atoms with Crippen LogP contribution in [0.15, 0.2) is 146 Å². The van der Waals surface area contributed by atoms with Crippen molar-refractivity contribution in [1.82, 2.24) is 24.5 Å². The van der Waals surface area contributed by atoms with Gasteiger partial charge in [0.1, 0.15) is 57.8 Å². The van der Waals surface area contributed by atoms with Gasteiger partial charge in [0.15, 0.2) is 0 Å². The first-order valence-corrected chi connectivity index (χ1v) is 30.0. The summed E-state index contributed by atoms with van der Waals surface area (Å²) < 4.78 is 95.9. The van der Waals surface area contributed by atoms with Gasteiger partial charge >= 0.3 is 18.2 Å². The van der Waals surface area contributed by atoms with Crippen molar-refractivity contribution in [3.8, 4) is 17.2 Å². The number of amides is 5. The molecule has 0 saturated heterocycles. The molecule has 468 valence electrons. The molecule has 3 aliphatic rings. The molecule has 5 amide bonds. The maximum Gasteiger partial charge on any atom is 0.411 e. The first-order valence-electron chi connectivity index (χ1n) is 27.1. The smallest absolute Gasteiger partial charge is 0.411 e. The van der Waals surface area contributed by atoms with Crippen LogP contribution in [0, 0.1) is 34.9 Å². The number of nitrogens with zero attached hydrogens (tertiary/aromatic N) is 5. The molecule has 2 unspecified atom stereocenters. The van der Waals surface area contributed by atoms with E-state index in [4.69, 9.17) is 9.16 Å². The van der Waals surface area contributed by atoms with E-state index in [0.29, 0.717) is 27.8 Å². The second kappa shape index (κ2) is 28.8. The molecule has 6 aromatic rings. The molecule has 12 nitrogen and oxygen atoms in total. The Labute approximate surface area is 510 Å². The van der Waals surface area contributed by atoms with E-state index in [9.17, 15) is 50.9 Å². The van der Waals surface area contributed by atoms with Crippen LogP contribution in [0.25, 0.3) is 16.7 Å². The van der Waals surface area contributed by atoms with Gasteiger partial charge in [0.2, 0.25) is 8.32 Å². The van der Waals surface area contributed by atoms with Crippen LogP contribution >= 0.6 is 0 Å². The van der Waals surface area contributed by atoms with E-state index in [-0.39, 0.29) is 87.2 Å². The van der Waals surface area contributed by atoms with Crippen LogP contribution in [0.3, 0.4) is 0 Å². The molecule has 6 aromatic carbocycles. The third-order valence-corrected chi connectivity index (χ3v) is 19.0. The largest absolute Gasteiger partial charge is 0.543 e. The first-order chi connectivity index (χ1) is 39.3. The van der Waals surface area contributed by atoms with E-state index in [0.717, 1.165) is 65.9 Å². The summed E-state index contributed by atoms with van der Waals surface area (Å²) in [6.45, 7) is 16.7. The Morgan fingerprint density at radius 2 is 0.828 bits per heavy atom. The molecule has 9 rings (SSSR count). The fourth-order valence-electron chi connectivity index (χ4n) is 9.44. The summed E-state index contributed by atoms with van der Waals surface area (Å²) in [4.78, 5) is 45.6. The summed E-state index contributed by atoms with van der Waals surface area (Å²) in [7, 11) is 4.44. The van der Waals surface area contributed by atoms with E-state index in [1.165, 1.54) is 26.8 Å². The fourth-order valence-corrected chi connectivity index (χ4v) is 10.5. The van der Waals surface area contributed by atoms with Crippen LogP contribution < -0.4 is 4.43 Å². The van der Waals surface area contributed by atoms with Crippen LogP contribution in [-0.2, 0) is 4.74 Å². The summed E-state index contributed by atoms with van der Waals surface area (Å²) in [5, 5.41) is 19.5. The van der Waals surface area contributed by atoms with Crippen LogP contribution in [0.1, 0.15) is 115 Å². The summed E-state index contributed by atoms with van der Waals surface area (Å²) in [5.74, 6) is -2.34. The Bertz CT molecular complexity index is 3380. The summed E-state index contributed by atoms with van der Waals surface area (Å²) >= 11 is 0. The number of aromatic hydroxyl groups is 2. The standard InChI is InChI=1S/C27H35F2NO3Si.2C19H18F2N2O2.3CH4/c1-26(2,3)32-25(31)30-17-19(22-16-20(28)12-13-23(22)29)15-24(30)18-10-9-11-21(14-18)33-34(7,8)27(4,5)6;2*1-22(2)19(25)23-11-13(16-10-14(20)6-7-17(16)21)9-18(23)12-4-3-5-15(24)8-12;;;/h9-16,24H,17H2,1-8H3;2*3-10,18,24H,11H2,1-2H3;3*1H4/t;18-;;;;/m.0..../s1. The molecule has 3 aliphatic heterocycles. The molecule has 3 heterocycles. The van der Waals surface area contributed by atoms with Crippen LogP contribution in [0.2, 0.25) is 18.1 Å². The second-order valence-electron chi connectivity index (χ2n) is 23.6. The van der Waals surface area contributed by atoms with E-state index < -0.39 is 73.0 Å². The highest BCUT2D eigenvalue weighted by atomic mass is 28.4. The van der Waals surface area contributed by atoms with Gasteiger partial charge in [-0.05, 0) is 163 Å². The average Bonchev–Trinajstić information content (AvgIpc) is 1.86. The molecule has 2 N–H and O–H groups in total. The number of hydrogen-bond acceptors (Lipinski definition) is 7. The lowest BCUT2D eigenvalue weighted by Gasteiger charge is -2.36. The highest BCUT2D eigenvalue weighted by Crippen LogP contribution is 2.42. The Balaban J connectivity index is 0.000000279. The SMILES string of the molecule is C.C.C.CC(C)(C)OC(=O)N1CC(c2cc(F)ccc2F)=CC1c1cccc(O[Si](C)(C)C(C)(C)C)c1.CN(C)C(=O)N1CC(c2cc(F)ccc2F)=CC1c1cccc(O)c1.CN(C)C(=O)N1CC(c2cc(F)ccc2F)=C[C@H]1c1cccc(O)c1. The first kappa shape index (κ1) is 71.0. The molecule has 19 heteroatoms. The highest BCUT2D eigenvalue weighted by Gasteiger charge is 2.40. The zero-order valence-electron chi connectivity index (χ0n) is 49.1. The zero-order chi connectivity index (χ0) is 61.7. The minimum absolute atomic E-state index is 0. The Morgan fingerprint density at radius 3 is 1.16 bits per heavy atom. The Morgan fingerprint density at radius 1 is 0.494 bits per heavy atom. The Kier molecular flexibility index (Phi) is 23.5. The minimum atomic E-state index is -2.07. The van der Waals surface area contributed by atoms with Crippen molar-refractivity contribution in [2.24, 2.45) is 0 Å². The third-order valence-electron chi connectivity index (χ3n) is 14.6. The molecular weight excluding hydrogens is 1140 g/mol. The van der Waals surface area contributed by atoms with Crippen molar-refractivity contribution in [3.05, 3.63) is 214 Å². The van der Waals surface area contributed by atoms with Crippen LogP contribution in [0.4, 0.5) is 40.7 Å². The van der Waals surface area contributed by atoms with Gasteiger partial charge in [-0.25, -0.2) is 40.7 Å². The zero-order valence-corrected chi connectivity index (χ0v) is 50.1. The number of hydrogen-bond donors (Lipinski definition) is 2. The summed E-state index contributed by atoms with van der Waals surface area (Å²) in [6, 6.07) is 28.6. The quantitative estimate of drug-likeness (QED) is 0.115. The lowest BCUT2D eigenvalue weighted by atomic mass is 10.0. The predicted molar refractivity (Wildman–Crippen MR) is 336 cm³/mol. The molecular formula is C68H83F6N5O7Si. The molecule has 0 bridgehead atoms. The lowest BCUT2D eigenvalue weighted by molar-refractivity contribution is 0.0242. The van der Waals surface area contributed by atoms with E-state index >= 15 is 0 Å². The normalized spacial score (nSPS) is 16.2. The van der Waals surface area contributed by atoms with Crippen molar-refractivity contribution in [2.45, 2.75) is 106 Å². The summed E-state index contributed by atoms with van der Waals surface area (Å²) in [5.41, 5.74) is 3.52. The van der Waals surface area contributed by atoms with Gasteiger partial charge in [0.05, 0.1) is 24.7 Å². The van der Waals surface area contributed by atoms with Gasteiger partial charge in [-0.15, -0.1) is 0 Å². The van der Waals surface area contributed by atoms with Crippen molar-refractivity contribution in [3.63, 3.8) is 0 Å².